The van der Waals surface area contributed by atoms with Crippen LogP contribution in [0.15, 0.2) is 30.9 Å². The first-order valence-electron chi connectivity index (χ1n) is 8.22. The van der Waals surface area contributed by atoms with Gasteiger partial charge in [-0.3, -0.25) is 0 Å². The van der Waals surface area contributed by atoms with Crippen LogP contribution in [0.5, 0.6) is 0 Å². The van der Waals surface area contributed by atoms with Gasteiger partial charge in [-0.15, -0.1) is 5.10 Å². The van der Waals surface area contributed by atoms with E-state index in [-0.39, 0.29) is 0 Å². The molecular weight excluding hydrogens is 320 g/mol. The normalized spacial score (nSPS) is 13.4. The van der Waals surface area contributed by atoms with Gasteiger partial charge in [-0.05, 0) is 42.7 Å². The number of hydrogen-bond donors (Lipinski definition) is 0. The molecular formula is C17H20N6S. The molecule has 2 heterocycles. The molecule has 0 aliphatic heterocycles. The molecule has 0 unspecified atom stereocenters. The molecule has 0 spiro atoms. The highest BCUT2D eigenvalue weighted by Crippen LogP contribution is 2.28. The van der Waals surface area contributed by atoms with E-state index >= 15 is 0 Å². The Morgan fingerprint density at radius 1 is 1.25 bits per heavy atom. The highest BCUT2D eigenvalue weighted by Gasteiger charge is 2.19. The highest BCUT2D eigenvalue weighted by atomic mass is 32.2. The van der Waals surface area contributed by atoms with E-state index < -0.39 is 0 Å². The van der Waals surface area contributed by atoms with Crippen LogP contribution in [0, 0.1) is 0 Å². The number of nitrogens with zero attached hydrogens (tertiary/aromatic N) is 6. The molecule has 0 bridgehead atoms. The van der Waals surface area contributed by atoms with Crippen molar-refractivity contribution in [2.24, 2.45) is 0 Å². The molecule has 0 saturated heterocycles. The summed E-state index contributed by atoms with van der Waals surface area (Å²) < 4.78 is 3.81. The molecule has 1 aromatic carbocycles. The Morgan fingerprint density at radius 2 is 2.21 bits per heavy atom. The van der Waals surface area contributed by atoms with E-state index in [1.165, 1.54) is 36.0 Å². The second-order valence-electron chi connectivity index (χ2n) is 5.96. The van der Waals surface area contributed by atoms with Crippen molar-refractivity contribution < 1.29 is 0 Å². The molecule has 0 amide bonds. The van der Waals surface area contributed by atoms with Crippen molar-refractivity contribution in [3.8, 4) is 5.69 Å². The molecule has 0 atom stereocenters. The van der Waals surface area contributed by atoms with Gasteiger partial charge in [0, 0.05) is 12.2 Å². The summed E-state index contributed by atoms with van der Waals surface area (Å²) in [5.74, 6) is 2.85. The van der Waals surface area contributed by atoms with Crippen LogP contribution in [-0.2, 0) is 25.8 Å². The van der Waals surface area contributed by atoms with Crippen LogP contribution in [0.3, 0.4) is 0 Å². The number of aromatic nitrogens is 6. The molecule has 0 N–H and O–H groups in total. The van der Waals surface area contributed by atoms with E-state index in [9.17, 15) is 0 Å². The van der Waals surface area contributed by atoms with Gasteiger partial charge in [-0.25, -0.2) is 19.3 Å². The van der Waals surface area contributed by atoms with Crippen LogP contribution in [0.2, 0.25) is 0 Å². The second kappa shape index (κ2) is 6.76. The maximum Gasteiger partial charge on any atom is 0.172 e. The van der Waals surface area contributed by atoms with Crippen molar-refractivity contribution in [3.05, 3.63) is 53.6 Å². The fourth-order valence-corrected chi connectivity index (χ4v) is 3.65. The lowest BCUT2D eigenvalue weighted by molar-refractivity contribution is 0.649. The summed E-state index contributed by atoms with van der Waals surface area (Å²) in [7, 11) is 0. The Morgan fingerprint density at radius 3 is 3.04 bits per heavy atom. The van der Waals surface area contributed by atoms with Crippen LogP contribution in [0.4, 0.5) is 0 Å². The van der Waals surface area contributed by atoms with Crippen molar-refractivity contribution in [3.63, 3.8) is 0 Å². The summed E-state index contributed by atoms with van der Waals surface area (Å²) >= 11 is 1.83. The van der Waals surface area contributed by atoms with Gasteiger partial charge in [-0.2, -0.15) is 16.9 Å². The number of rotatable bonds is 6. The predicted molar refractivity (Wildman–Crippen MR) is 94.6 cm³/mol. The van der Waals surface area contributed by atoms with E-state index in [0.29, 0.717) is 6.54 Å². The first kappa shape index (κ1) is 15.4. The Bertz CT molecular complexity index is 824. The van der Waals surface area contributed by atoms with E-state index in [1.807, 2.05) is 16.4 Å². The van der Waals surface area contributed by atoms with Crippen LogP contribution in [-0.4, -0.2) is 41.5 Å². The Hall–Kier alpha value is -2.15. The van der Waals surface area contributed by atoms with Crippen LogP contribution in [0.1, 0.15) is 29.2 Å². The summed E-state index contributed by atoms with van der Waals surface area (Å²) in [5, 5.41) is 8.95. The molecule has 124 valence electrons. The van der Waals surface area contributed by atoms with E-state index in [1.54, 1.807) is 11.0 Å². The van der Waals surface area contributed by atoms with Gasteiger partial charge >= 0.3 is 0 Å². The quantitative estimate of drug-likeness (QED) is 0.689. The molecule has 0 radical (unpaired) electrons. The zero-order chi connectivity index (χ0) is 16.4. The van der Waals surface area contributed by atoms with Gasteiger partial charge in [0.15, 0.2) is 5.82 Å². The number of thioether (sulfide) groups is 1. The van der Waals surface area contributed by atoms with Crippen molar-refractivity contribution in [2.75, 3.05) is 12.0 Å². The zero-order valence-electron chi connectivity index (χ0n) is 13.7. The lowest BCUT2D eigenvalue weighted by atomic mass is 10.1. The highest BCUT2D eigenvalue weighted by molar-refractivity contribution is 7.98. The maximum atomic E-state index is 4.79. The monoisotopic (exact) mass is 340 g/mol. The smallest absolute Gasteiger partial charge is 0.172 e. The fraction of sp³-hybridized carbons (Fsp3) is 0.412. The van der Waals surface area contributed by atoms with Gasteiger partial charge in [0.25, 0.3) is 0 Å². The summed E-state index contributed by atoms with van der Waals surface area (Å²) in [6, 6.07) is 6.54. The summed E-state index contributed by atoms with van der Waals surface area (Å²) in [4.78, 5) is 8.76. The summed E-state index contributed by atoms with van der Waals surface area (Å²) in [6.45, 7) is 0.550. The first-order chi connectivity index (χ1) is 11.8. The topological polar surface area (TPSA) is 61.4 Å². The molecule has 0 fully saturated rings. The molecule has 0 saturated carbocycles. The lowest BCUT2D eigenvalue weighted by Crippen LogP contribution is -2.07. The third-order valence-electron chi connectivity index (χ3n) is 4.37. The Balaban J connectivity index is 1.73. The molecule has 2 aromatic heterocycles. The number of fused-ring (bicyclic) bond motifs is 1. The average Bonchev–Trinajstić information content (AvgIpc) is 3.33. The van der Waals surface area contributed by atoms with Gasteiger partial charge in [-0.1, -0.05) is 12.1 Å². The number of aryl methyl sites for hydroxylation is 2. The number of benzene rings is 1. The molecule has 1 aliphatic carbocycles. The Labute approximate surface area is 145 Å². The van der Waals surface area contributed by atoms with Crippen molar-refractivity contribution >= 4 is 11.8 Å². The van der Waals surface area contributed by atoms with E-state index in [4.69, 9.17) is 10.1 Å². The predicted octanol–water partition coefficient (Wildman–Crippen LogP) is 2.30. The summed E-state index contributed by atoms with van der Waals surface area (Å²) in [5.41, 5.74) is 4.08. The third-order valence-corrected chi connectivity index (χ3v) is 4.98. The van der Waals surface area contributed by atoms with E-state index in [0.717, 1.165) is 30.2 Å². The standard InChI is InChI=1S/C17H20N6S/c1-24-9-8-17-20-16(10-22-12-18-11-19-22)21-23(17)15-7-3-5-13-4-2-6-14(13)15/h3,5,7,11-12H,2,4,6,8-10H2,1H3. The van der Waals surface area contributed by atoms with Gasteiger partial charge in [0.1, 0.15) is 25.0 Å². The second-order valence-corrected chi connectivity index (χ2v) is 6.95. The molecule has 3 aromatic rings. The number of hydrogen-bond acceptors (Lipinski definition) is 5. The molecule has 1 aliphatic rings. The Kier molecular flexibility index (Phi) is 4.34. The fourth-order valence-electron chi connectivity index (χ4n) is 3.26. The van der Waals surface area contributed by atoms with Crippen molar-refractivity contribution in [2.45, 2.75) is 32.2 Å². The van der Waals surface area contributed by atoms with Crippen LogP contribution < -0.4 is 0 Å². The van der Waals surface area contributed by atoms with Crippen LogP contribution >= 0.6 is 11.8 Å². The minimum atomic E-state index is 0.550. The third kappa shape index (κ3) is 2.96. The van der Waals surface area contributed by atoms with E-state index in [2.05, 4.69) is 34.5 Å². The average molecular weight is 340 g/mol. The zero-order valence-corrected chi connectivity index (χ0v) is 14.5. The first-order valence-corrected chi connectivity index (χ1v) is 9.62. The lowest BCUT2D eigenvalue weighted by Gasteiger charge is -2.10. The van der Waals surface area contributed by atoms with Crippen molar-refractivity contribution in [1.29, 1.82) is 0 Å². The molecule has 7 heteroatoms. The van der Waals surface area contributed by atoms with Crippen LogP contribution in [0.25, 0.3) is 5.69 Å². The minimum absolute atomic E-state index is 0.550. The largest absolute Gasteiger partial charge is 0.245 e. The SMILES string of the molecule is CSCCc1nc(Cn2cncn2)nn1-c1cccc2c1CCC2. The van der Waals surface area contributed by atoms with Gasteiger partial charge < -0.3 is 0 Å². The van der Waals surface area contributed by atoms with Gasteiger partial charge in [0.05, 0.1) is 5.69 Å². The van der Waals surface area contributed by atoms with Crippen molar-refractivity contribution in [1.82, 2.24) is 29.5 Å². The molecule has 24 heavy (non-hydrogen) atoms. The van der Waals surface area contributed by atoms with Gasteiger partial charge in [0.2, 0.25) is 0 Å². The maximum absolute atomic E-state index is 4.79. The molecule has 4 rings (SSSR count). The minimum Gasteiger partial charge on any atom is -0.245 e. The molecule has 6 nitrogen and oxygen atoms in total. The summed E-state index contributed by atoms with van der Waals surface area (Å²) in [6.07, 6.45) is 9.80.